The van der Waals surface area contributed by atoms with E-state index in [2.05, 4.69) is 0 Å². The van der Waals surface area contributed by atoms with E-state index in [1.807, 2.05) is 24.3 Å². The number of nitrogens with two attached hydrogens (primary N) is 1. The van der Waals surface area contributed by atoms with Crippen LogP contribution in [0.25, 0.3) is 0 Å². The van der Waals surface area contributed by atoms with Gasteiger partial charge in [0, 0.05) is 16.3 Å². The Morgan fingerprint density at radius 1 is 1.00 bits per heavy atom. The highest BCUT2D eigenvalue weighted by Crippen LogP contribution is 2.36. The second-order valence-electron chi connectivity index (χ2n) is 3.69. The highest BCUT2D eigenvalue weighted by atomic mass is 35.5. The lowest BCUT2D eigenvalue weighted by molar-refractivity contribution is 0.307. The van der Waals surface area contributed by atoms with Crippen molar-refractivity contribution in [2.45, 2.75) is 6.61 Å². The van der Waals surface area contributed by atoms with Crippen molar-refractivity contribution in [3.8, 4) is 5.75 Å². The van der Waals surface area contributed by atoms with Gasteiger partial charge in [-0.1, -0.05) is 53.0 Å². The maximum atomic E-state index is 6.02. The molecule has 0 atom stereocenters. The molecule has 0 spiro atoms. The molecule has 0 aliphatic heterocycles. The van der Waals surface area contributed by atoms with Gasteiger partial charge in [0.15, 0.2) is 5.75 Å². The summed E-state index contributed by atoms with van der Waals surface area (Å²) in [6, 6.07) is 10.6. The summed E-state index contributed by atoms with van der Waals surface area (Å²) < 4.78 is 5.59. The lowest BCUT2D eigenvalue weighted by Gasteiger charge is -2.11. The molecule has 0 heterocycles. The van der Waals surface area contributed by atoms with E-state index in [4.69, 9.17) is 45.3 Å². The Bertz CT molecular complexity index is 549. The third kappa shape index (κ3) is 3.02. The van der Waals surface area contributed by atoms with Crippen molar-refractivity contribution in [1.29, 1.82) is 0 Å². The number of benzene rings is 2. The molecule has 2 N–H and O–H groups in total. The second-order valence-corrected chi connectivity index (χ2v) is 4.94. The third-order valence-electron chi connectivity index (χ3n) is 2.39. The van der Waals surface area contributed by atoms with Gasteiger partial charge < -0.3 is 10.5 Å². The zero-order valence-electron chi connectivity index (χ0n) is 9.29. The van der Waals surface area contributed by atoms with Crippen molar-refractivity contribution < 1.29 is 4.74 Å². The molecule has 0 fully saturated rings. The van der Waals surface area contributed by atoms with Crippen molar-refractivity contribution >= 4 is 40.5 Å². The summed E-state index contributed by atoms with van der Waals surface area (Å²) in [5.74, 6) is 0.408. The Labute approximate surface area is 120 Å². The lowest BCUT2D eigenvalue weighted by Crippen LogP contribution is -2.00. The molecule has 0 amide bonds. The maximum Gasteiger partial charge on any atom is 0.157 e. The first-order valence-corrected chi connectivity index (χ1v) is 6.32. The van der Waals surface area contributed by atoms with Gasteiger partial charge in [0.05, 0.1) is 10.0 Å². The van der Waals surface area contributed by atoms with Crippen LogP contribution < -0.4 is 10.5 Å². The molecule has 0 aromatic heterocycles. The van der Waals surface area contributed by atoms with Crippen LogP contribution in [0.3, 0.4) is 0 Å². The number of hydrogen-bond acceptors (Lipinski definition) is 2. The van der Waals surface area contributed by atoms with Gasteiger partial charge in [-0.15, -0.1) is 0 Å². The molecule has 5 heteroatoms. The minimum Gasteiger partial charge on any atom is -0.486 e. The van der Waals surface area contributed by atoms with Crippen LogP contribution in [0, 0.1) is 0 Å². The van der Waals surface area contributed by atoms with Crippen LogP contribution in [-0.4, -0.2) is 0 Å². The molecule has 94 valence electrons. The Hall–Kier alpha value is -1.09. The molecule has 2 aromatic rings. The zero-order chi connectivity index (χ0) is 13.1. The third-order valence-corrected chi connectivity index (χ3v) is 3.17. The van der Waals surface area contributed by atoms with Crippen LogP contribution in [0.15, 0.2) is 36.4 Å². The van der Waals surface area contributed by atoms with E-state index in [1.165, 1.54) is 0 Å². The smallest absolute Gasteiger partial charge is 0.157 e. The lowest BCUT2D eigenvalue weighted by atomic mass is 10.2. The van der Waals surface area contributed by atoms with Gasteiger partial charge in [0.25, 0.3) is 0 Å². The van der Waals surface area contributed by atoms with Gasteiger partial charge >= 0.3 is 0 Å². The van der Waals surface area contributed by atoms with Gasteiger partial charge in [-0.3, -0.25) is 0 Å². The first kappa shape index (κ1) is 13.3. The molecule has 0 saturated carbocycles. The molecule has 2 rings (SSSR count). The van der Waals surface area contributed by atoms with Crippen LogP contribution >= 0.6 is 34.8 Å². The first-order valence-electron chi connectivity index (χ1n) is 5.18. The summed E-state index contributed by atoms with van der Waals surface area (Å²) in [5.41, 5.74) is 7.36. The minimum absolute atomic E-state index is 0.299. The molecular formula is C13H10Cl3NO. The zero-order valence-corrected chi connectivity index (χ0v) is 11.6. The van der Waals surface area contributed by atoms with Crippen LogP contribution in [-0.2, 0) is 6.61 Å². The van der Waals surface area contributed by atoms with Crippen molar-refractivity contribution in [2.24, 2.45) is 0 Å². The van der Waals surface area contributed by atoms with Crippen molar-refractivity contribution in [3.63, 3.8) is 0 Å². The van der Waals surface area contributed by atoms with Crippen LogP contribution in [0.5, 0.6) is 5.75 Å². The summed E-state index contributed by atoms with van der Waals surface area (Å²) in [6.07, 6.45) is 0. The number of nitrogen functional groups attached to an aromatic ring is 1. The number of rotatable bonds is 3. The van der Waals surface area contributed by atoms with E-state index >= 15 is 0 Å². The highest BCUT2D eigenvalue weighted by molar-refractivity contribution is 6.40. The van der Waals surface area contributed by atoms with Gasteiger partial charge in [-0.25, -0.2) is 0 Å². The van der Waals surface area contributed by atoms with Gasteiger partial charge in [-0.05, 0) is 18.2 Å². The summed E-state index contributed by atoms with van der Waals surface area (Å²) in [4.78, 5) is 0. The van der Waals surface area contributed by atoms with E-state index in [9.17, 15) is 0 Å². The second kappa shape index (κ2) is 5.70. The summed E-state index contributed by atoms with van der Waals surface area (Å²) in [7, 11) is 0. The monoisotopic (exact) mass is 301 g/mol. The standard InChI is InChI=1S/C13H10Cl3NO/c14-9-5-10(15)13(11(16)6-9)18-7-8-3-1-2-4-12(8)17/h1-6H,7,17H2. The summed E-state index contributed by atoms with van der Waals surface area (Å²) in [6.45, 7) is 0.299. The SMILES string of the molecule is Nc1ccccc1COc1c(Cl)cc(Cl)cc1Cl. The number of halogens is 3. The highest BCUT2D eigenvalue weighted by Gasteiger charge is 2.10. The van der Waals surface area contributed by atoms with Crippen LogP contribution in [0.4, 0.5) is 5.69 Å². The fourth-order valence-corrected chi connectivity index (χ4v) is 2.41. The Morgan fingerprint density at radius 2 is 1.61 bits per heavy atom. The fraction of sp³-hybridized carbons (Fsp3) is 0.0769. The van der Waals surface area contributed by atoms with E-state index in [-0.39, 0.29) is 0 Å². The molecular weight excluding hydrogens is 293 g/mol. The minimum atomic E-state index is 0.299. The van der Waals surface area contributed by atoms with Gasteiger partial charge in [0.1, 0.15) is 6.61 Å². The number of hydrogen-bond donors (Lipinski definition) is 1. The summed E-state index contributed by atoms with van der Waals surface area (Å²) in [5, 5.41) is 1.22. The molecule has 18 heavy (non-hydrogen) atoms. The average molecular weight is 303 g/mol. The Morgan fingerprint density at radius 3 is 2.22 bits per heavy atom. The molecule has 0 unspecified atom stereocenters. The Kier molecular flexibility index (Phi) is 4.23. The molecule has 0 bridgehead atoms. The predicted molar refractivity (Wildman–Crippen MR) is 76.7 cm³/mol. The van der Waals surface area contributed by atoms with Gasteiger partial charge in [-0.2, -0.15) is 0 Å². The van der Waals surface area contributed by atoms with E-state index in [0.717, 1.165) is 5.56 Å². The molecule has 2 aromatic carbocycles. The molecule has 2 nitrogen and oxygen atoms in total. The Balaban J connectivity index is 2.19. The largest absolute Gasteiger partial charge is 0.486 e. The average Bonchev–Trinajstić information content (AvgIpc) is 2.30. The number of anilines is 1. The van der Waals surface area contributed by atoms with Crippen molar-refractivity contribution in [2.75, 3.05) is 5.73 Å². The number of ether oxygens (including phenoxy) is 1. The quantitative estimate of drug-likeness (QED) is 0.826. The van der Waals surface area contributed by atoms with E-state index in [1.54, 1.807) is 12.1 Å². The first-order chi connectivity index (χ1) is 8.58. The van der Waals surface area contributed by atoms with Crippen molar-refractivity contribution in [3.05, 3.63) is 57.0 Å². The summed E-state index contributed by atoms with van der Waals surface area (Å²) >= 11 is 17.9. The van der Waals surface area contributed by atoms with E-state index < -0.39 is 0 Å². The van der Waals surface area contributed by atoms with Gasteiger partial charge in [0.2, 0.25) is 0 Å². The normalized spacial score (nSPS) is 10.4. The predicted octanol–water partition coefficient (Wildman–Crippen LogP) is 4.81. The molecule has 0 aliphatic rings. The van der Waals surface area contributed by atoms with Crippen LogP contribution in [0.2, 0.25) is 15.1 Å². The maximum absolute atomic E-state index is 6.02. The molecule has 0 radical (unpaired) electrons. The fourth-order valence-electron chi connectivity index (χ4n) is 1.48. The van der Waals surface area contributed by atoms with E-state index in [0.29, 0.717) is 33.1 Å². The molecule has 0 aliphatic carbocycles. The molecule has 0 saturated heterocycles. The van der Waals surface area contributed by atoms with Crippen LogP contribution in [0.1, 0.15) is 5.56 Å². The van der Waals surface area contributed by atoms with Crippen molar-refractivity contribution in [1.82, 2.24) is 0 Å². The number of para-hydroxylation sites is 1. The topological polar surface area (TPSA) is 35.2 Å².